The lowest BCUT2D eigenvalue weighted by molar-refractivity contribution is 1.13. The van der Waals surface area contributed by atoms with E-state index in [2.05, 4.69) is 241 Å². The normalized spacial score (nSPS) is 13.4. The Bertz CT molecular complexity index is 3710. The molecule has 0 fully saturated rings. The summed E-state index contributed by atoms with van der Waals surface area (Å²) in [5, 5.41) is 14.7. The van der Waals surface area contributed by atoms with Gasteiger partial charge in [0.15, 0.2) is 0 Å². The van der Waals surface area contributed by atoms with Crippen molar-refractivity contribution >= 4 is 93.1 Å². The zero-order valence-electron chi connectivity index (χ0n) is 35.5. The number of fused-ring (bicyclic) bond motifs is 9. The molecule has 0 bridgehead atoms. The summed E-state index contributed by atoms with van der Waals surface area (Å²) in [4.78, 5) is 4.96. The summed E-state index contributed by atoms with van der Waals surface area (Å²) in [5.74, 6) is 0. The van der Waals surface area contributed by atoms with Crippen molar-refractivity contribution in [2.75, 3.05) is 9.80 Å². The van der Waals surface area contributed by atoms with Crippen LogP contribution in [0.3, 0.4) is 0 Å². The standard InChI is InChI=1S/C62H44N2/c1-2-17-49(63(59-32-15-22-43-18-3-9-26-53(43)59)61-40-46-20-5-7-24-51(46)55-28-11-13-30-57(55)61)38-42-36-45-34-35-50(39-48(45)37-42)64(60-33-16-23-44-19-4-10-27-54(44)60)62-41-47-21-6-8-25-52(47)56-29-12-14-31-58(56)62/h2-35,38-41H,1,36-37H2. The van der Waals surface area contributed by atoms with Gasteiger partial charge in [0.05, 0.1) is 22.7 Å². The molecule has 302 valence electrons. The Morgan fingerprint density at radius 1 is 0.375 bits per heavy atom. The summed E-state index contributed by atoms with van der Waals surface area (Å²) in [6.45, 7) is 4.27. The van der Waals surface area contributed by atoms with Gasteiger partial charge in [-0.3, -0.25) is 0 Å². The number of rotatable bonds is 8. The zero-order chi connectivity index (χ0) is 42.6. The molecule has 0 aliphatic heterocycles. The van der Waals surface area contributed by atoms with Crippen molar-refractivity contribution in [2.45, 2.75) is 12.8 Å². The van der Waals surface area contributed by atoms with Crippen LogP contribution >= 0.6 is 0 Å². The third kappa shape index (κ3) is 6.34. The number of nitrogens with zero attached hydrogens (tertiary/aromatic N) is 2. The maximum absolute atomic E-state index is 4.27. The highest BCUT2D eigenvalue weighted by atomic mass is 15.2. The molecule has 0 amide bonds. The molecule has 12 rings (SSSR count). The number of hydrogen-bond donors (Lipinski definition) is 0. The van der Waals surface area contributed by atoms with Crippen LogP contribution in [0.15, 0.2) is 248 Å². The van der Waals surface area contributed by atoms with Gasteiger partial charge in [-0.15, -0.1) is 0 Å². The number of hydrogen-bond acceptors (Lipinski definition) is 2. The molecule has 11 aromatic carbocycles. The summed E-state index contributed by atoms with van der Waals surface area (Å²) in [7, 11) is 0. The second kappa shape index (κ2) is 15.6. The van der Waals surface area contributed by atoms with E-state index in [-0.39, 0.29) is 0 Å². The van der Waals surface area contributed by atoms with E-state index >= 15 is 0 Å². The molecule has 0 aromatic heterocycles. The molecule has 0 N–H and O–H groups in total. The summed E-state index contributed by atoms with van der Waals surface area (Å²) in [6, 6.07) is 77.9. The quantitative estimate of drug-likeness (QED) is 0.111. The Kier molecular flexibility index (Phi) is 9.16. The van der Waals surface area contributed by atoms with Gasteiger partial charge in [0.1, 0.15) is 0 Å². The summed E-state index contributed by atoms with van der Waals surface area (Å²) in [5.41, 5.74) is 10.9. The highest BCUT2D eigenvalue weighted by Crippen LogP contribution is 2.47. The van der Waals surface area contributed by atoms with E-state index in [9.17, 15) is 0 Å². The van der Waals surface area contributed by atoms with Gasteiger partial charge in [-0.05, 0) is 116 Å². The SMILES string of the molecule is C=CC=C(C=C1Cc2ccc(N(c3cccc4ccccc34)c3cc4ccccc4c4ccccc34)cc2C1)N(c1cccc2ccccc12)c1cc2ccccc2c2ccccc12. The van der Waals surface area contributed by atoms with Gasteiger partial charge in [-0.1, -0.05) is 194 Å². The Labute approximate surface area is 373 Å². The molecule has 1 aliphatic rings. The minimum absolute atomic E-state index is 0.849. The van der Waals surface area contributed by atoms with Crippen LogP contribution in [0.4, 0.5) is 28.4 Å². The first-order chi connectivity index (χ1) is 31.7. The maximum Gasteiger partial charge on any atom is 0.0546 e. The van der Waals surface area contributed by atoms with E-state index in [1.807, 2.05) is 6.08 Å². The van der Waals surface area contributed by atoms with E-state index in [0.717, 1.165) is 41.3 Å². The minimum Gasteiger partial charge on any atom is -0.309 e. The van der Waals surface area contributed by atoms with Crippen molar-refractivity contribution < 1.29 is 0 Å². The molecule has 0 saturated heterocycles. The van der Waals surface area contributed by atoms with Crippen LogP contribution in [0.1, 0.15) is 11.1 Å². The smallest absolute Gasteiger partial charge is 0.0546 e. The zero-order valence-corrected chi connectivity index (χ0v) is 35.5. The molecule has 0 unspecified atom stereocenters. The van der Waals surface area contributed by atoms with Crippen molar-refractivity contribution in [1.29, 1.82) is 0 Å². The highest BCUT2D eigenvalue weighted by molar-refractivity contribution is 6.17. The second-order valence-corrected chi connectivity index (χ2v) is 16.9. The fraction of sp³-hybridized carbons (Fsp3) is 0.0323. The third-order valence-corrected chi connectivity index (χ3v) is 13.2. The number of anilines is 5. The molecule has 0 saturated carbocycles. The first-order valence-corrected chi connectivity index (χ1v) is 22.2. The molecule has 1 aliphatic carbocycles. The molecule has 0 heterocycles. The molecule has 0 atom stereocenters. The molecule has 0 radical (unpaired) electrons. The fourth-order valence-electron chi connectivity index (χ4n) is 10.3. The van der Waals surface area contributed by atoms with Gasteiger partial charge < -0.3 is 9.80 Å². The number of benzene rings is 11. The lowest BCUT2D eigenvalue weighted by Crippen LogP contribution is -2.16. The number of allylic oxidation sites excluding steroid dienone is 4. The monoisotopic (exact) mass is 816 g/mol. The van der Waals surface area contributed by atoms with Gasteiger partial charge in [0, 0.05) is 32.9 Å². The van der Waals surface area contributed by atoms with E-state index in [0.29, 0.717) is 0 Å². The predicted octanol–water partition coefficient (Wildman–Crippen LogP) is 17.0. The Balaban J connectivity index is 1.02. The molecule has 64 heavy (non-hydrogen) atoms. The van der Waals surface area contributed by atoms with Crippen LogP contribution in [-0.4, -0.2) is 0 Å². The first kappa shape index (κ1) is 37.6. The molecule has 11 aromatic rings. The van der Waals surface area contributed by atoms with Crippen LogP contribution in [0.25, 0.3) is 64.6 Å². The Morgan fingerprint density at radius 2 is 0.844 bits per heavy atom. The predicted molar refractivity (Wildman–Crippen MR) is 275 cm³/mol. The van der Waals surface area contributed by atoms with E-state index < -0.39 is 0 Å². The Morgan fingerprint density at radius 3 is 1.47 bits per heavy atom. The molecule has 0 spiro atoms. The van der Waals surface area contributed by atoms with Crippen molar-refractivity contribution in [2.24, 2.45) is 0 Å². The van der Waals surface area contributed by atoms with Gasteiger partial charge >= 0.3 is 0 Å². The second-order valence-electron chi connectivity index (χ2n) is 16.9. The lowest BCUT2D eigenvalue weighted by atomic mass is 9.98. The molecular formula is C62H44N2. The van der Waals surface area contributed by atoms with Crippen molar-refractivity contribution in [1.82, 2.24) is 0 Å². The molecule has 2 nitrogen and oxygen atoms in total. The van der Waals surface area contributed by atoms with Gasteiger partial charge in [-0.25, -0.2) is 0 Å². The average Bonchev–Trinajstić information content (AvgIpc) is 3.76. The van der Waals surface area contributed by atoms with E-state index in [4.69, 9.17) is 0 Å². The highest BCUT2D eigenvalue weighted by Gasteiger charge is 2.25. The maximum atomic E-state index is 4.27. The summed E-state index contributed by atoms with van der Waals surface area (Å²) < 4.78 is 0. The van der Waals surface area contributed by atoms with Gasteiger partial charge in [0.25, 0.3) is 0 Å². The summed E-state index contributed by atoms with van der Waals surface area (Å²) >= 11 is 0. The van der Waals surface area contributed by atoms with Gasteiger partial charge in [-0.2, -0.15) is 0 Å². The van der Waals surface area contributed by atoms with Crippen LogP contribution in [0, 0.1) is 0 Å². The third-order valence-electron chi connectivity index (χ3n) is 13.2. The van der Waals surface area contributed by atoms with Crippen LogP contribution < -0.4 is 9.80 Å². The fourth-order valence-corrected chi connectivity index (χ4v) is 10.3. The van der Waals surface area contributed by atoms with Gasteiger partial charge in [0.2, 0.25) is 0 Å². The largest absolute Gasteiger partial charge is 0.309 e. The molecule has 2 heteroatoms. The van der Waals surface area contributed by atoms with Crippen molar-refractivity contribution in [3.05, 3.63) is 260 Å². The van der Waals surface area contributed by atoms with E-state index in [1.54, 1.807) is 0 Å². The van der Waals surface area contributed by atoms with Crippen molar-refractivity contribution in [3.63, 3.8) is 0 Å². The van der Waals surface area contributed by atoms with Crippen molar-refractivity contribution in [3.8, 4) is 0 Å². The van der Waals surface area contributed by atoms with E-state index in [1.165, 1.54) is 87.0 Å². The van der Waals surface area contributed by atoms with Crippen LogP contribution in [0.2, 0.25) is 0 Å². The summed E-state index contributed by atoms with van der Waals surface area (Å²) in [6.07, 6.45) is 8.26. The molecular weight excluding hydrogens is 773 g/mol. The van der Waals surface area contributed by atoms with Crippen LogP contribution in [0.5, 0.6) is 0 Å². The average molecular weight is 817 g/mol. The van der Waals surface area contributed by atoms with Crippen LogP contribution in [-0.2, 0) is 12.8 Å². The Hall–Kier alpha value is -8.20. The first-order valence-electron chi connectivity index (χ1n) is 22.2. The lowest BCUT2D eigenvalue weighted by Gasteiger charge is -2.30. The minimum atomic E-state index is 0.849. The topological polar surface area (TPSA) is 6.48 Å².